The second kappa shape index (κ2) is 4.88. The number of rotatable bonds is 3. The van der Waals surface area contributed by atoms with Crippen LogP contribution < -0.4 is 9.47 Å². The van der Waals surface area contributed by atoms with E-state index in [0.717, 1.165) is 12.0 Å². The van der Waals surface area contributed by atoms with Gasteiger partial charge < -0.3 is 14.6 Å². The van der Waals surface area contributed by atoms with Crippen molar-refractivity contribution in [2.45, 2.75) is 32.1 Å². The zero-order valence-electron chi connectivity index (χ0n) is 10.7. The van der Waals surface area contributed by atoms with Crippen molar-refractivity contribution in [3.63, 3.8) is 0 Å². The van der Waals surface area contributed by atoms with Crippen molar-refractivity contribution < 1.29 is 19.4 Å². The molecule has 0 radical (unpaired) electrons. The number of carboxylic acid groups (broad SMARTS) is 1. The Morgan fingerprint density at radius 1 is 1.33 bits per heavy atom. The number of carbonyl (C=O) groups is 1. The van der Waals surface area contributed by atoms with Gasteiger partial charge in [-0.05, 0) is 31.0 Å². The van der Waals surface area contributed by atoms with Gasteiger partial charge in [-0.15, -0.1) is 0 Å². The molecule has 0 saturated heterocycles. The van der Waals surface area contributed by atoms with Crippen LogP contribution in [0.1, 0.15) is 32.3 Å². The van der Waals surface area contributed by atoms with Crippen LogP contribution in [-0.4, -0.2) is 24.3 Å². The minimum absolute atomic E-state index is 0.530. The first-order valence-electron chi connectivity index (χ1n) is 6.21. The van der Waals surface area contributed by atoms with E-state index < -0.39 is 11.4 Å². The molecule has 0 amide bonds. The number of hydrogen-bond donors (Lipinski definition) is 1. The van der Waals surface area contributed by atoms with Crippen LogP contribution in [0.2, 0.25) is 0 Å². The van der Waals surface area contributed by atoms with Gasteiger partial charge in [-0.1, -0.05) is 13.0 Å². The van der Waals surface area contributed by atoms with Crippen LogP contribution in [0, 0.1) is 0 Å². The smallest absolute Gasteiger partial charge is 0.313 e. The lowest BCUT2D eigenvalue weighted by Crippen LogP contribution is -2.31. The maximum atomic E-state index is 11.4. The number of ether oxygens (including phenoxy) is 2. The maximum absolute atomic E-state index is 11.4. The molecule has 0 fully saturated rings. The quantitative estimate of drug-likeness (QED) is 0.895. The van der Waals surface area contributed by atoms with Crippen molar-refractivity contribution >= 4 is 5.97 Å². The van der Waals surface area contributed by atoms with E-state index >= 15 is 0 Å². The first kappa shape index (κ1) is 12.7. The molecule has 1 heterocycles. The second-order valence-corrected chi connectivity index (χ2v) is 4.70. The van der Waals surface area contributed by atoms with E-state index in [1.54, 1.807) is 19.1 Å². The van der Waals surface area contributed by atoms with Crippen LogP contribution in [0.25, 0.3) is 0 Å². The zero-order chi connectivity index (χ0) is 13.2. The number of hydrogen-bond acceptors (Lipinski definition) is 3. The monoisotopic (exact) mass is 250 g/mol. The molecule has 1 atom stereocenters. The fourth-order valence-electron chi connectivity index (χ4n) is 1.99. The molecule has 98 valence electrons. The molecule has 0 aromatic heterocycles. The van der Waals surface area contributed by atoms with Gasteiger partial charge in [0.2, 0.25) is 0 Å². The summed E-state index contributed by atoms with van der Waals surface area (Å²) < 4.78 is 11.1. The predicted molar refractivity (Wildman–Crippen MR) is 67.3 cm³/mol. The van der Waals surface area contributed by atoms with E-state index in [9.17, 15) is 9.90 Å². The van der Waals surface area contributed by atoms with Gasteiger partial charge in [-0.25, -0.2) is 0 Å². The Morgan fingerprint density at radius 3 is 2.61 bits per heavy atom. The Balaban J connectivity index is 2.41. The molecular weight excluding hydrogens is 232 g/mol. The van der Waals surface area contributed by atoms with E-state index in [0.29, 0.717) is 31.1 Å². The molecule has 1 aliphatic heterocycles. The molecule has 2 rings (SSSR count). The molecule has 4 heteroatoms. The van der Waals surface area contributed by atoms with Gasteiger partial charge in [-0.2, -0.15) is 0 Å². The summed E-state index contributed by atoms with van der Waals surface area (Å²) in [5.41, 5.74) is -0.133. The summed E-state index contributed by atoms with van der Waals surface area (Å²) in [5, 5.41) is 9.37. The summed E-state index contributed by atoms with van der Waals surface area (Å²) in [6, 6.07) is 5.40. The van der Waals surface area contributed by atoms with Crippen LogP contribution in [0.15, 0.2) is 18.2 Å². The fourth-order valence-corrected chi connectivity index (χ4v) is 1.99. The summed E-state index contributed by atoms with van der Waals surface area (Å²) in [4.78, 5) is 11.4. The van der Waals surface area contributed by atoms with Gasteiger partial charge in [0.25, 0.3) is 0 Å². The minimum Gasteiger partial charge on any atom is -0.490 e. The van der Waals surface area contributed by atoms with Gasteiger partial charge in [0.15, 0.2) is 11.5 Å². The highest BCUT2D eigenvalue weighted by molar-refractivity contribution is 5.81. The van der Waals surface area contributed by atoms with Crippen molar-refractivity contribution in [3.05, 3.63) is 23.8 Å². The SMILES string of the molecule is CCC(C)(C(=O)O)c1ccc2c(c1)OCCCO2. The van der Waals surface area contributed by atoms with Crippen molar-refractivity contribution in [1.82, 2.24) is 0 Å². The molecule has 1 unspecified atom stereocenters. The van der Waals surface area contributed by atoms with Gasteiger partial charge in [0.1, 0.15) is 0 Å². The summed E-state index contributed by atoms with van der Waals surface area (Å²) in [7, 11) is 0. The Kier molecular flexibility index (Phi) is 3.45. The first-order valence-corrected chi connectivity index (χ1v) is 6.21. The molecule has 0 aliphatic carbocycles. The summed E-state index contributed by atoms with van der Waals surface area (Å²) in [5.74, 6) is 0.519. The highest BCUT2D eigenvalue weighted by Gasteiger charge is 2.34. The topological polar surface area (TPSA) is 55.8 Å². The van der Waals surface area contributed by atoms with Crippen molar-refractivity contribution in [2.24, 2.45) is 0 Å². The van der Waals surface area contributed by atoms with Gasteiger partial charge in [0.05, 0.1) is 18.6 Å². The third kappa shape index (κ3) is 2.15. The fraction of sp³-hybridized carbons (Fsp3) is 0.500. The molecule has 1 aliphatic rings. The lowest BCUT2D eigenvalue weighted by atomic mass is 9.80. The van der Waals surface area contributed by atoms with Crippen LogP contribution in [0.3, 0.4) is 0 Å². The predicted octanol–water partition coefficient (Wildman–Crippen LogP) is 2.60. The summed E-state index contributed by atoms with van der Waals surface area (Å²) in [6.07, 6.45) is 1.37. The normalized spacial score (nSPS) is 17.7. The average Bonchev–Trinajstić information content (AvgIpc) is 2.61. The van der Waals surface area contributed by atoms with Gasteiger partial charge in [0, 0.05) is 6.42 Å². The van der Waals surface area contributed by atoms with E-state index in [-0.39, 0.29) is 0 Å². The zero-order valence-corrected chi connectivity index (χ0v) is 10.7. The van der Waals surface area contributed by atoms with Gasteiger partial charge in [-0.3, -0.25) is 4.79 Å². The molecule has 18 heavy (non-hydrogen) atoms. The minimum atomic E-state index is -0.884. The van der Waals surface area contributed by atoms with Crippen LogP contribution >= 0.6 is 0 Å². The van der Waals surface area contributed by atoms with Crippen LogP contribution in [0.4, 0.5) is 0 Å². The van der Waals surface area contributed by atoms with Gasteiger partial charge >= 0.3 is 5.97 Å². The Morgan fingerprint density at radius 2 is 2.00 bits per heavy atom. The summed E-state index contributed by atoms with van der Waals surface area (Å²) in [6.45, 7) is 4.84. The number of carboxylic acids is 1. The Hall–Kier alpha value is -1.71. The molecule has 1 N–H and O–H groups in total. The van der Waals surface area contributed by atoms with Crippen molar-refractivity contribution in [3.8, 4) is 11.5 Å². The van der Waals surface area contributed by atoms with E-state index in [4.69, 9.17) is 9.47 Å². The number of benzene rings is 1. The molecule has 0 spiro atoms. The lowest BCUT2D eigenvalue weighted by molar-refractivity contribution is -0.143. The lowest BCUT2D eigenvalue weighted by Gasteiger charge is -2.24. The molecule has 1 aromatic carbocycles. The largest absolute Gasteiger partial charge is 0.490 e. The van der Waals surface area contributed by atoms with Crippen molar-refractivity contribution in [2.75, 3.05) is 13.2 Å². The maximum Gasteiger partial charge on any atom is 0.313 e. The standard InChI is InChI=1S/C14H18O4/c1-3-14(2,13(15)16)10-5-6-11-12(9-10)18-8-4-7-17-11/h5-6,9H,3-4,7-8H2,1-2H3,(H,15,16). The van der Waals surface area contributed by atoms with E-state index in [2.05, 4.69) is 0 Å². The molecule has 4 nitrogen and oxygen atoms in total. The second-order valence-electron chi connectivity index (χ2n) is 4.70. The highest BCUT2D eigenvalue weighted by atomic mass is 16.5. The highest BCUT2D eigenvalue weighted by Crippen LogP contribution is 2.36. The van der Waals surface area contributed by atoms with E-state index in [1.807, 2.05) is 13.0 Å². The van der Waals surface area contributed by atoms with Crippen LogP contribution in [-0.2, 0) is 10.2 Å². The Labute approximate surface area is 107 Å². The summed E-state index contributed by atoms with van der Waals surface area (Å²) >= 11 is 0. The molecule has 1 aromatic rings. The van der Waals surface area contributed by atoms with E-state index in [1.165, 1.54) is 0 Å². The Bertz CT molecular complexity index is 455. The first-order chi connectivity index (χ1) is 8.58. The molecule has 0 bridgehead atoms. The number of fused-ring (bicyclic) bond motifs is 1. The third-order valence-corrected chi connectivity index (χ3v) is 3.56. The third-order valence-electron chi connectivity index (χ3n) is 3.56. The average molecular weight is 250 g/mol. The number of aliphatic carboxylic acids is 1. The molecule has 0 saturated carbocycles. The molecular formula is C14H18O4. The van der Waals surface area contributed by atoms with Crippen molar-refractivity contribution in [1.29, 1.82) is 0 Å². The van der Waals surface area contributed by atoms with Crippen LogP contribution in [0.5, 0.6) is 11.5 Å².